The first-order valence-corrected chi connectivity index (χ1v) is 7.86. The Morgan fingerprint density at radius 2 is 1.68 bits per heavy atom. The number of aliphatic carboxylic acids is 2. The van der Waals surface area contributed by atoms with Crippen LogP contribution in [0.3, 0.4) is 0 Å². The summed E-state index contributed by atoms with van der Waals surface area (Å²) in [5.74, 6) is -1.46. The first kappa shape index (κ1) is 18.4. The maximum atomic E-state index is 9.64. The molecule has 1 saturated carbocycles. The molecule has 0 aromatic heterocycles. The lowest BCUT2D eigenvalue weighted by Crippen LogP contribution is -2.00. The summed E-state index contributed by atoms with van der Waals surface area (Å²) in [6.45, 7) is 3.63. The van der Waals surface area contributed by atoms with Crippen LogP contribution >= 0.6 is 15.9 Å². The fourth-order valence-electron chi connectivity index (χ4n) is 2.38. The first-order chi connectivity index (χ1) is 10.4. The number of aliphatic imine (C=N–C) groups is 1. The largest absolute Gasteiger partial charge is 0.481 e. The summed E-state index contributed by atoms with van der Waals surface area (Å²) < 4.78 is 1.15. The number of carboxylic acids is 2. The molecule has 1 aliphatic rings. The standard InChI is InChI=1S/C12H14BrN.C4H6O4/c1-14-12-7-4-10(8-12)9-2-5-11(13)6-3-9;5-3(6)1-2-4(7)8/h2-3,5-6,10,12H,1,4,7-8H2;1-2H2,(H,5,6)(H,7,8). The van der Waals surface area contributed by atoms with E-state index in [4.69, 9.17) is 10.2 Å². The Morgan fingerprint density at radius 3 is 2.09 bits per heavy atom. The Balaban J connectivity index is 0.000000261. The van der Waals surface area contributed by atoms with Gasteiger partial charge in [-0.25, -0.2) is 0 Å². The Bertz CT molecular complexity index is 501. The molecule has 0 amide bonds. The highest BCUT2D eigenvalue weighted by molar-refractivity contribution is 9.10. The highest BCUT2D eigenvalue weighted by atomic mass is 79.9. The van der Waals surface area contributed by atoms with Crippen LogP contribution in [0.15, 0.2) is 33.7 Å². The number of benzene rings is 1. The molecule has 0 radical (unpaired) electrons. The summed E-state index contributed by atoms with van der Waals surface area (Å²) in [5.41, 5.74) is 1.44. The van der Waals surface area contributed by atoms with Gasteiger partial charge in [-0.2, -0.15) is 0 Å². The molecule has 2 unspecified atom stereocenters. The average Bonchev–Trinajstić information content (AvgIpc) is 2.95. The topological polar surface area (TPSA) is 87.0 Å². The third-order valence-corrected chi connectivity index (χ3v) is 4.09. The van der Waals surface area contributed by atoms with E-state index in [1.54, 1.807) is 0 Å². The van der Waals surface area contributed by atoms with E-state index in [0.29, 0.717) is 12.0 Å². The normalized spacial score (nSPS) is 19.9. The summed E-state index contributed by atoms with van der Waals surface area (Å²) in [5, 5.41) is 15.8. The first-order valence-electron chi connectivity index (χ1n) is 7.07. The van der Waals surface area contributed by atoms with Gasteiger partial charge in [-0.3, -0.25) is 14.6 Å². The monoisotopic (exact) mass is 369 g/mol. The van der Waals surface area contributed by atoms with Crippen molar-refractivity contribution in [2.75, 3.05) is 0 Å². The van der Waals surface area contributed by atoms with Gasteiger partial charge in [0.2, 0.25) is 0 Å². The van der Waals surface area contributed by atoms with Crippen LogP contribution in [-0.2, 0) is 9.59 Å². The van der Waals surface area contributed by atoms with Crippen LogP contribution in [0.2, 0.25) is 0 Å². The number of carbonyl (C=O) groups is 2. The summed E-state index contributed by atoms with van der Waals surface area (Å²) >= 11 is 3.45. The lowest BCUT2D eigenvalue weighted by atomic mass is 9.98. The van der Waals surface area contributed by atoms with Crippen molar-refractivity contribution in [2.24, 2.45) is 4.99 Å². The van der Waals surface area contributed by atoms with E-state index in [1.807, 2.05) is 0 Å². The third-order valence-electron chi connectivity index (χ3n) is 3.56. The molecule has 0 bridgehead atoms. The van der Waals surface area contributed by atoms with Gasteiger partial charge in [0.05, 0.1) is 12.8 Å². The predicted octanol–water partition coefficient (Wildman–Crippen LogP) is 3.72. The third kappa shape index (κ3) is 6.85. The number of carboxylic acid groups (broad SMARTS) is 2. The Morgan fingerprint density at radius 1 is 1.14 bits per heavy atom. The number of hydrogen-bond acceptors (Lipinski definition) is 3. The van der Waals surface area contributed by atoms with E-state index in [0.717, 1.165) is 4.47 Å². The zero-order chi connectivity index (χ0) is 16.5. The number of rotatable bonds is 5. The molecular weight excluding hydrogens is 350 g/mol. The van der Waals surface area contributed by atoms with Crippen LogP contribution < -0.4 is 0 Å². The van der Waals surface area contributed by atoms with Gasteiger partial charge in [0.15, 0.2) is 0 Å². The molecule has 0 spiro atoms. The number of halogens is 1. The van der Waals surface area contributed by atoms with E-state index in [9.17, 15) is 9.59 Å². The molecule has 120 valence electrons. The molecule has 22 heavy (non-hydrogen) atoms. The summed E-state index contributed by atoms with van der Waals surface area (Å²) in [6.07, 6.45) is 3.03. The van der Waals surface area contributed by atoms with E-state index in [1.165, 1.54) is 24.8 Å². The van der Waals surface area contributed by atoms with E-state index < -0.39 is 11.9 Å². The second kappa shape index (κ2) is 9.35. The zero-order valence-electron chi connectivity index (χ0n) is 12.2. The van der Waals surface area contributed by atoms with E-state index in [-0.39, 0.29) is 12.8 Å². The molecule has 2 atom stereocenters. The smallest absolute Gasteiger partial charge is 0.303 e. The van der Waals surface area contributed by atoms with Gasteiger partial charge in [0, 0.05) is 10.5 Å². The van der Waals surface area contributed by atoms with Crippen molar-refractivity contribution in [3.05, 3.63) is 34.3 Å². The maximum Gasteiger partial charge on any atom is 0.303 e. The Kier molecular flexibility index (Phi) is 7.80. The van der Waals surface area contributed by atoms with Crippen LogP contribution in [0, 0.1) is 0 Å². The lowest BCUT2D eigenvalue weighted by molar-refractivity contribution is -0.143. The lowest BCUT2D eigenvalue weighted by Gasteiger charge is -2.09. The van der Waals surface area contributed by atoms with Crippen molar-refractivity contribution in [1.82, 2.24) is 0 Å². The van der Waals surface area contributed by atoms with Crippen LogP contribution in [0.1, 0.15) is 43.6 Å². The second-order valence-corrected chi connectivity index (χ2v) is 6.10. The van der Waals surface area contributed by atoms with Crippen LogP contribution in [0.4, 0.5) is 0 Å². The molecule has 1 aliphatic carbocycles. The summed E-state index contributed by atoms with van der Waals surface area (Å²) in [7, 11) is 0. The fourth-order valence-corrected chi connectivity index (χ4v) is 2.64. The van der Waals surface area contributed by atoms with Gasteiger partial charge in [-0.05, 0) is 49.6 Å². The molecule has 1 fully saturated rings. The minimum Gasteiger partial charge on any atom is -0.481 e. The van der Waals surface area contributed by atoms with Crippen molar-refractivity contribution in [3.63, 3.8) is 0 Å². The quantitative estimate of drug-likeness (QED) is 0.774. The predicted molar refractivity (Wildman–Crippen MR) is 88.6 cm³/mol. The fraction of sp³-hybridized carbons (Fsp3) is 0.438. The van der Waals surface area contributed by atoms with Gasteiger partial charge < -0.3 is 10.2 Å². The van der Waals surface area contributed by atoms with Crippen molar-refractivity contribution in [1.29, 1.82) is 0 Å². The molecule has 0 aliphatic heterocycles. The Hall–Kier alpha value is -1.69. The van der Waals surface area contributed by atoms with Crippen molar-refractivity contribution in [2.45, 2.75) is 44.1 Å². The van der Waals surface area contributed by atoms with Crippen molar-refractivity contribution >= 4 is 34.6 Å². The molecule has 2 rings (SSSR count). The maximum absolute atomic E-state index is 9.64. The highest BCUT2D eigenvalue weighted by Gasteiger charge is 2.24. The van der Waals surface area contributed by atoms with Gasteiger partial charge in [0.1, 0.15) is 0 Å². The average molecular weight is 370 g/mol. The van der Waals surface area contributed by atoms with Crippen molar-refractivity contribution in [3.8, 4) is 0 Å². The molecule has 1 aromatic carbocycles. The van der Waals surface area contributed by atoms with Crippen molar-refractivity contribution < 1.29 is 19.8 Å². The minimum absolute atomic E-state index is 0.296. The van der Waals surface area contributed by atoms with Crippen LogP contribution in [0.5, 0.6) is 0 Å². The van der Waals surface area contributed by atoms with Gasteiger partial charge in [0.25, 0.3) is 0 Å². The SMILES string of the molecule is C=NC1CCC(c2ccc(Br)cc2)C1.O=C(O)CCC(=O)O. The molecule has 0 saturated heterocycles. The number of nitrogens with zero attached hydrogens (tertiary/aromatic N) is 1. The minimum atomic E-state index is -1.08. The summed E-state index contributed by atoms with van der Waals surface area (Å²) in [6, 6.07) is 9.14. The van der Waals surface area contributed by atoms with Crippen LogP contribution in [-0.4, -0.2) is 34.9 Å². The summed E-state index contributed by atoms with van der Waals surface area (Å²) in [4.78, 5) is 23.4. The molecule has 2 N–H and O–H groups in total. The highest BCUT2D eigenvalue weighted by Crippen LogP contribution is 2.36. The van der Waals surface area contributed by atoms with Gasteiger partial charge >= 0.3 is 11.9 Å². The second-order valence-electron chi connectivity index (χ2n) is 5.19. The van der Waals surface area contributed by atoms with Gasteiger partial charge in [-0.15, -0.1) is 0 Å². The van der Waals surface area contributed by atoms with Crippen LogP contribution in [0.25, 0.3) is 0 Å². The number of hydrogen-bond donors (Lipinski definition) is 2. The molecule has 6 heteroatoms. The van der Waals surface area contributed by atoms with E-state index in [2.05, 4.69) is 51.9 Å². The molecule has 0 heterocycles. The molecule has 5 nitrogen and oxygen atoms in total. The molecule has 1 aromatic rings. The van der Waals surface area contributed by atoms with Gasteiger partial charge in [-0.1, -0.05) is 28.1 Å². The zero-order valence-corrected chi connectivity index (χ0v) is 13.8. The Labute approximate surface area is 138 Å². The molecular formula is C16H20BrNO4. The van der Waals surface area contributed by atoms with E-state index >= 15 is 0 Å².